The molecule has 0 radical (unpaired) electrons. The van der Waals surface area contributed by atoms with E-state index < -0.39 is 16.9 Å². The monoisotopic (exact) mass is 519 g/mol. The predicted molar refractivity (Wildman–Crippen MR) is 127 cm³/mol. The number of carbonyl (C=O) groups is 1. The molecule has 0 saturated carbocycles. The van der Waals surface area contributed by atoms with E-state index in [1.54, 1.807) is 4.90 Å². The molecule has 1 aromatic rings. The molecule has 0 atom stereocenters. The lowest BCUT2D eigenvalue weighted by molar-refractivity contribution is -0.216. The van der Waals surface area contributed by atoms with Gasteiger partial charge in [0.2, 0.25) is 0 Å². The van der Waals surface area contributed by atoms with E-state index in [1.807, 2.05) is 32.9 Å². The first-order chi connectivity index (χ1) is 15.7. The van der Waals surface area contributed by atoms with Gasteiger partial charge in [0, 0.05) is 42.1 Å². The number of halogens is 1. The number of nitrogens with zero attached hydrogens (tertiary/aromatic N) is 3. The first kappa shape index (κ1) is 24.5. The summed E-state index contributed by atoms with van der Waals surface area (Å²) in [6.07, 6.45) is 2.78. The van der Waals surface area contributed by atoms with Crippen LogP contribution >= 0.6 is 15.9 Å². The van der Waals surface area contributed by atoms with Gasteiger partial charge in [-0.05, 0) is 58.6 Å². The molecule has 0 unspecified atom stereocenters. The van der Waals surface area contributed by atoms with Crippen LogP contribution in [0.4, 0.5) is 4.79 Å². The van der Waals surface area contributed by atoms with Gasteiger partial charge in [0.25, 0.3) is 0 Å². The lowest BCUT2D eigenvalue weighted by Gasteiger charge is -2.48. The second-order valence-electron chi connectivity index (χ2n) is 10.2. The van der Waals surface area contributed by atoms with Crippen LogP contribution in [0.1, 0.15) is 52.0 Å². The van der Waals surface area contributed by atoms with E-state index in [4.69, 9.17) is 14.2 Å². The highest BCUT2D eigenvalue weighted by atomic mass is 79.9. The van der Waals surface area contributed by atoms with Crippen LogP contribution in [0.3, 0.4) is 0 Å². The van der Waals surface area contributed by atoms with Gasteiger partial charge in [0.1, 0.15) is 11.1 Å². The summed E-state index contributed by atoms with van der Waals surface area (Å²) in [5.74, 6) is -0.470. The minimum absolute atomic E-state index is 0.232. The number of hydrogen-bond donors (Lipinski definition) is 0. The van der Waals surface area contributed by atoms with Crippen molar-refractivity contribution in [1.29, 1.82) is 5.26 Å². The van der Waals surface area contributed by atoms with Crippen LogP contribution in [-0.4, -0.2) is 66.4 Å². The fourth-order valence-electron chi connectivity index (χ4n) is 5.32. The quantitative estimate of drug-likeness (QED) is 0.578. The van der Waals surface area contributed by atoms with Crippen molar-refractivity contribution in [1.82, 2.24) is 9.80 Å². The molecule has 0 aromatic heterocycles. The van der Waals surface area contributed by atoms with Crippen LogP contribution in [-0.2, 0) is 20.0 Å². The molecule has 1 amide bonds. The van der Waals surface area contributed by atoms with Crippen LogP contribution < -0.4 is 0 Å². The Labute approximate surface area is 205 Å². The topological polar surface area (TPSA) is 75.0 Å². The lowest BCUT2D eigenvalue weighted by Crippen LogP contribution is -2.58. The van der Waals surface area contributed by atoms with E-state index in [2.05, 4.69) is 39.0 Å². The summed E-state index contributed by atoms with van der Waals surface area (Å²) in [7, 11) is 0. The van der Waals surface area contributed by atoms with Crippen LogP contribution in [0.15, 0.2) is 28.7 Å². The molecule has 0 N–H and O–H groups in total. The molecule has 3 fully saturated rings. The van der Waals surface area contributed by atoms with E-state index in [0.29, 0.717) is 39.1 Å². The summed E-state index contributed by atoms with van der Waals surface area (Å²) in [5, 5.41) is 10.2. The number of piperidine rings is 2. The van der Waals surface area contributed by atoms with Crippen LogP contribution in [0.25, 0.3) is 0 Å². The first-order valence-corrected chi connectivity index (χ1v) is 12.6. The smallest absolute Gasteiger partial charge is 0.410 e. The number of nitriles is 1. The third-order valence-electron chi connectivity index (χ3n) is 7.05. The van der Waals surface area contributed by atoms with Gasteiger partial charge in [-0.2, -0.15) is 5.26 Å². The third kappa shape index (κ3) is 5.07. The average molecular weight is 520 g/mol. The highest BCUT2D eigenvalue weighted by Crippen LogP contribution is 2.45. The van der Waals surface area contributed by atoms with Crippen LogP contribution in [0.5, 0.6) is 0 Å². The Morgan fingerprint density at radius 3 is 2.18 bits per heavy atom. The number of likely N-dealkylation sites (tertiary alicyclic amines) is 2. The van der Waals surface area contributed by atoms with Crippen LogP contribution in [0, 0.1) is 17.2 Å². The highest BCUT2D eigenvalue weighted by molar-refractivity contribution is 9.10. The molecule has 0 bridgehead atoms. The normalized spacial score (nSPS) is 23.8. The fourth-order valence-corrected chi connectivity index (χ4v) is 5.58. The molecule has 8 heteroatoms. The Bertz CT molecular complexity index is 870. The first-order valence-electron chi connectivity index (χ1n) is 11.9. The summed E-state index contributed by atoms with van der Waals surface area (Å²) < 4.78 is 19.0. The van der Waals surface area contributed by atoms with Gasteiger partial charge in [-0.25, -0.2) is 4.79 Å². The predicted octanol–water partition coefficient (Wildman–Crippen LogP) is 4.65. The maximum Gasteiger partial charge on any atom is 0.410 e. The number of amides is 1. The minimum atomic E-state index is -0.702. The molecule has 7 nitrogen and oxygen atoms in total. The molecule has 33 heavy (non-hydrogen) atoms. The fraction of sp³-hybridized carbons (Fsp3) is 0.680. The summed E-state index contributed by atoms with van der Waals surface area (Å²) >= 11 is 3.51. The van der Waals surface area contributed by atoms with Crippen LogP contribution in [0.2, 0.25) is 0 Å². The molecule has 180 valence electrons. The van der Waals surface area contributed by atoms with Crippen molar-refractivity contribution in [2.45, 2.75) is 63.4 Å². The second kappa shape index (κ2) is 9.53. The van der Waals surface area contributed by atoms with Crippen molar-refractivity contribution in [3.05, 3.63) is 34.3 Å². The average Bonchev–Trinajstić information content (AvgIpc) is 3.30. The van der Waals surface area contributed by atoms with Crippen molar-refractivity contribution in [2.75, 3.05) is 39.4 Å². The molecule has 4 rings (SSSR count). The van der Waals surface area contributed by atoms with Gasteiger partial charge in [0.05, 0.1) is 19.3 Å². The summed E-state index contributed by atoms with van der Waals surface area (Å²) in [6, 6.07) is 10.8. The number of ether oxygens (including phenoxy) is 3. The molecular weight excluding hydrogens is 486 g/mol. The van der Waals surface area contributed by atoms with Gasteiger partial charge in [-0.15, -0.1) is 0 Å². The van der Waals surface area contributed by atoms with Crippen molar-refractivity contribution < 1.29 is 19.0 Å². The van der Waals surface area contributed by atoms with E-state index in [9.17, 15) is 10.1 Å². The minimum Gasteiger partial charge on any atom is -0.444 e. The largest absolute Gasteiger partial charge is 0.444 e. The standard InChI is InChI=1S/C25H34BrN3O4/c1-23(2,3)33-22(30)28-14-10-24(18-27,11-15-28)29-12-8-20(9-13-29)25(31-16-17-32-25)19-4-6-21(26)7-5-19/h4-7,20H,8-17H2,1-3H3. The number of rotatable bonds is 3. The number of hydrogen-bond acceptors (Lipinski definition) is 6. The van der Waals surface area contributed by atoms with Crippen molar-refractivity contribution >= 4 is 22.0 Å². The molecular formula is C25H34BrN3O4. The Morgan fingerprint density at radius 2 is 1.67 bits per heavy atom. The van der Waals surface area contributed by atoms with Crippen molar-refractivity contribution in [3.8, 4) is 6.07 Å². The van der Waals surface area contributed by atoms with E-state index in [-0.39, 0.29) is 12.0 Å². The summed E-state index contributed by atoms with van der Waals surface area (Å²) in [6.45, 7) is 9.52. The van der Waals surface area contributed by atoms with E-state index in [1.165, 1.54) is 0 Å². The van der Waals surface area contributed by atoms with Gasteiger partial charge >= 0.3 is 6.09 Å². The van der Waals surface area contributed by atoms with E-state index in [0.717, 1.165) is 36.0 Å². The van der Waals surface area contributed by atoms with Crippen molar-refractivity contribution in [3.63, 3.8) is 0 Å². The molecule has 3 aliphatic heterocycles. The van der Waals surface area contributed by atoms with E-state index >= 15 is 0 Å². The molecule has 3 heterocycles. The molecule has 3 saturated heterocycles. The summed E-state index contributed by atoms with van der Waals surface area (Å²) in [4.78, 5) is 16.5. The van der Waals surface area contributed by atoms with Gasteiger partial charge in [-0.1, -0.05) is 28.1 Å². The molecule has 1 aromatic carbocycles. The lowest BCUT2D eigenvalue weighted by atomic mass is 9.80. The second-order valence-corrected chi connectivity index (χ2v) is 11.2. The molecule has 0 spiro atoms. The zero-order chi connectivity index (χ0) is 23.7. The van der Waals surface area contributed by atoms with Crippen molar-refractivity contribution in [2.24, 2.45) is 5.92 Å². The van der Waals surface area contributed by atoms with Gasteiger partial charge < -0.3 is 19.1 Å². The summed E-state index contributed by atoms with van der Waals surface area (Å²) in [5.41, 5.74) is 0.00566. The Hall–Kier alpha value is -1.66. The Morgan fingerprint density at radius 1 is 1.09 bits per heavy atom. The highest BCUT2D eigenvalue weighted by Gasteiger charge is 2.50. The molecule has 0 aliphatic carbocycles. The van der Waals surface area contributed by atoms with Gasteiger partial charge in [0.15, 0.2) is 5.79 Å². The maximum absolute atomic E-state index is 12.4. The number of benzene rings is 1. The third-order valence-corrected chi connectivity index (χ3v) is 7.58. The zero-order valence-corrected chi connectivity index (χ0v) is 21.4. The maximum atomic E-state index is 12.4. The number of carbonyl (C=O) groups excluding carboxylic acids is 1. The Balaban J connectivity index is 1.40. The molecule has 3 aliphatic rings. The zero-order valence-electron chi connectivity index (χ0n) is 19.8. The van der Waals surface area contributed by atoms with Gasteiger partial charge in [-0.3, -0.25) is 4.90 Å². The Kier molecular flexibility index (Phi) is 7.07. The SMILES string of the molecule is CC(C)(C)OC(=O)N1CCC(C#N)(N2CCC(C3(c4ccc(Br)cc4)OCCO3)CC2)CC1.